The highest BCUT2D eigenvalue weighted by Gasteiger charge is 2.19. The molecule has 48 heavy (non-hydrogen) atoms. The molecule has 8 heteroatoms. The number of hydrogen-bond acceptors (Lipinski definition) is 8. The molecular weight excluding hydrogens is 629 g/mol. The topological polar surface area (TPSA) is 77.3 Å². The van der Waals surface area contributed by atoms with Crippen molar-refractivity contribution in [3.8, 4) is 44.5 Å². The van der Waals surface area contributed by atoms with Crippen LogP contribution in [0.1, 0.15) is 22.8 Å². The van der Waals surface area contributed by atoms with E-state index in [-0.39, 0.29) is 0 Å². The van der Waals surface area contributed by atoms with Crippen molar-refractivity contribution in [2.75, 3.05) is 0 Å². The molecule has 7 aromatic heterocycles. The van der Waals surface area contributed by atoms with Crippen LogP contribution in [0, 0.1) is 0 Å². The summed E-state index contributed by atoms with van der Waals surface area (Å²) < 4.78 is 4.36. The van der Waals surface area contributed by atoms with Crippen LogP contribution in [0.4, 0.5) is 0 Å². The minimum atomic E-state index is 0.885. The van der Waals surface area contributed by atoms with E-state index in [2.05, 4.69) is 92.8 Å². The maximum atomic E-state index is 5.33. The maximum absolute atomic E-state index is 5.33. The van der Waals surface area contributed by atoms with E-state index in [1.807, 2.05) is 49.1 Å². The molecule has 6 nitrogen and oxygen atoms in total. The summed E-state index contributed by atoms with van der Waals surface area (Å²) >= 11 is 3.44. The standard InChI is InChI=1S/C40H24N6S2/c1-5-25(21-41-17-1)37-29-9-10-30(45-29)38(26-6-2-18-42-22-26)35-15-16-36(48-35)40(28-8-4-20-44-24-28)32-12-11-31(46-32)39(27-7-3-19-43-23-27)34-14-13-33(37)47-34/h1-24H. The molecule has 7 aromatic rings. The molecule has 0 aromatic carbocycles. The third-order valence-corrected chi connectivity index (χ3v) is 10.5. The van der Waals surface area contributed by atoms with Crippen LogP contribution in [0.2, 0.25) is 0 Å². The fourth-order valence-corrected chi connectivity index (χ4v) is 8.52. The largest absolute Gasteiger partial charge is 0.264 e. The number of hydrogen-bond donors (Lipinski definition) is 0. The van der Waals surface area contributed by atoms with E-state index >= 15 is 0 Å². The van der Waals surface area contributed by atoms with Gasteiger partial charge in [-0.2, -0.15) is 0 Å². The van der Waals surface area contributed by atoms with Crippen molar-refractivity contribution in [3.63, 3.8) is 0 Å². The van der Waals surface area contributed by atoms with Crippen LogP contribution < -0.4 is 0 Å². The molecular formula is C40H24N6S2. The fraction of sp³-hybridized carbons (Fsp3) is 0. The summed E-state index contributed by atoms with van der Waals surface area (Å²) in [6, 6.07) is 25.0. The molecule has 9 heterocycles. The first kappa shape index (κ1) is 28.3. The van der Waals surface area contributed by atoms with E-state index in [1.54, 1.807) is 47.5 Å². The molecule has 8 bridgehead atoms. The number of rotatable bonds is 4. The number of thiophene rings is 2. The molecule has 0 fully saturated rings. The van der Waals surface area contributed by atoms with Crippen molar-refractivity contribution in [1.29, 1.82) is 0 Å². The summed E-state index contributed by atoms with van der Waals surface area (Å²) in [6.07, 6.45) is 23.3. The van der Waals surface area contributed by atoms with E-state index in [1.165, 1.54) is 0 Å². The van der Waals surface area contributed by atoms with E-state index in [0.29, 0.717) is 0 Å². The third-order valence-electron chi connectivity index (χ3n) is 8.30. The van der Waals surface area contributed by atoms with Crippen LogP contribution in [0.5, 0.6) is 0 Å². The van der Waals surface area contributed by atoms with Crippen LogP contribution in [0.3, 0.4) is 0 Å². The van der Waals surface area contributed by atoms with Gasteiger partial charge in [-0.15, -0.1) is 22.7 Å². The van der Waals surface area contributed by atoms with Crippen LogP contribution in [-0.4, -0.2) is 29.9 Å². The average Bonchev–Trinajstić information content (AvgIpc) is 3.98. The van der Waals surface area contributed by atoms with Crippen molar-refractivity contribution in [2.45, 2.75) is 0 Å². The minimum Gasteiger partial charge on any atom is -0.264 e. The Morgan fingerprint density at radius 3 is 0.833 bits per heavy atom. The molecule has 0 radical (unpaired) electrons. The lowest BCUT2D eigenvalue weighted by molar-refractivity contribution is 1.29. The molecule has 2 aliphatic rings. The van der Waals surface area contributed by atoms with Gasteiger partial charge in [0.05, 0.1) is 22.8 Å². The second-order valence-corrected chi connectivity index (χ2v) is 13.4. The molecule has 9 rings (SSSR count). The molecule has 0 unspecified atom stereocenters. The smallest absolute Gasteiger partial charge is 0.0731 e. The first-order chi connectivity index (χ1) is 23.8. The van der Waals surface area contributed by atoms with Crippen molar-refractivity contribution >= 4 is 65.8 Å². The Hall–Kier alpha value is -5.96. The van der Waals surface area contributed by atoms with Crippen molar-refractivity contribution < 1.29 is 0 Å². The zero-order valence-corrected chi connectivity index (χ0v) is 27.0. The van der Waals surface area contributed by atoms with E-state index < -0.39 is 0 Å². The lowest BCUT2D eigenvalue weighted by Crippen LogP contribution is -1.87. The molecule has 0 amide bonds. The summed E-state index contributed by atoms with van der Waals surface area (Å²) in [6.45, 7) is 0. The summed E-state index contributed by atoms with van der Waals surface area (Å²) in [5.41, 5.74) is 11.7. The number of fused-ring (bicyclic) bond motifs is 8. The van der Waals surface area contributed by atoms with Crippen LogP contribution in [0.15, 0.2) is 122 Å². The number of nitrogens with zero attached hydrogens (tertiary/aromatic N) is 6. The molecule has 2 aliphatic heterocycles. The highest BCUT2D eigenvalue weighted by Crippen LogP contribution is 2.42. The van der Waals surface area contributed by atoms with E-state index in [4.69, 9.17) is 9.97 Å². The van der Waals surface area contributed by atoms with Gasteiger partial charge < -0.3 is 0 Å². The van der Waals surface area contributed by atoms with Gasteiger partial charge in [-0.1, -0.05) is 24.3 Å². The van der Waals surface area contributed by atoms with Gasteiger partial charge in [0.15, 0.2) is 0 Å². The Bertz CT molecular complexity index is 2190. The van der Waals surface area contributed by atoms with Gasteiger partial charge in [-0.25, -0.2) is 9.97 Å². The third kappa shape index (κ3) is 5.04. The Balaban J connectivity index is 1.49. The molecule has 0 N–H and O–H groups in total. The predicted molar refractivity (Wildman–Crippen MR) is 199 cm³/mol. The van der Waals surface area contributed by atoms with Crippen molar-refractivity contribution in [1.82, 2.24) is 29.9 Å². The Labute approximate surface area is 284 Å². The Morgan fingerprint density at radius 1 is 0.333 bits per heavy atom. The summed E-state index contributed by atoms with van der Waals surface area (Å²) in [7, 11) is 0. The van der Waals surface area contributed by atoms with Crippen molar-refractivity contribution in [3.05, 3.63) is 145 Å². The fourth-order valence-electron chi connectivity index (χ4n) is 6.20. The van der Waals surface area contributed by atoms with Gasteiger partial charge in [0.25, 0.3) is 0 Å². The molecule has 226 valence electrons. The predicted octanol–water partition coefficient (Wildman–Crippen LogP) is 10.4. The normalized spacial score (nSPS) is 12.0. The lowest BCUT2D eigenvalue weighted by atomic mass is 10.1. The summed E-state index contributed by atoms with van der Waals surface area (Å²) in [5.74, 6) is 0. The second-order valence-electron chi connectivity index (χ2n) is 11.2. The van der Waals surface area contributed by atoms with E-state index in [9.17, 15) is 0 Å². The maximum Gasteiger partial charge on any atom is 0.0731 e. The SMILES string of the molecule is C1=Cc2nc1c(-c1cccnc1)c1ccc(s1)c(-c1cccnc1)c1nc(c(-c3cccnc3)c3ccc(s3)c2-c2cccnc2)C=C1. The molecule has 0 saturated heterocycles. The molecule has 0 saturated carbocycles. The first-order valence-corrected chi connectivity index (χ1v) is 17.0. The number of pyridine rings is 4. The Morgan fingerprint density at radius 2 is 0.604 bits per heavy atom. The summed E-state index contributed by atoms with van der Waals surface area (Å²) in [5, 5.41) is 0. The molecule has 0 aliphatic carbocycles. The first-order valence-electron chi connectivity index (χ1n) is 15.4. The zero-order valence-electron chi connectivity index (χ0n) is 25.4. The quantitative estimate of drug-likeness (QED) is 0.188. The van der Waals surface area contributed by atoms with Crippen molar-refractivity contribution in [2.24, 2.45) is 0 Å². The highest BCUT2D eigenvalue weighted by molar-refractivity contribution is 7.24. The number of aromatic nitrogens is 6. The highest BCUT2D eigenvalue weighted by atomic mass is 32.1. The van der Waals surface area contributed by atoms with Gasteiger partial charge in [0, 0.05) is 113 Å². The van der Waals surface area contributed by atoms with Gasteiger partial charge in [-0.3, -0.25) is 19.9 Å². The van der Waals surface area contributed by atoms with Gasteiger partial charge >= 0.3 is 0 Å². The van der Waals surface area contributed by atoms with Crippen LogP contribution in [-0.2, 0) is 0 Å². The van der Waals surface area contributed by atoms with Gasteiger partial charge in [-0.05, 0) is 72.8 Å². The second kappa shape index (κ2) is 12.0. The van der Waals surface area contributed by atoms with E-state index in [0.717, 1.165) is 86.1 Å². The van der Waals surface area contributed by atoms with Crippen LogP contribution >= 0.6 is 22.7 Å². The average molecular weight is 653 g/mol. The lowest BCUT2D eigenvalue weighted by Gasteiger charge is -2.05. The minimum absolute atomic E-state index is 0.885. The zero-order chi connectivity index (χ0) is 31.9. The summed E-state index contributed by atoms with van der Waals surface area (Å²) in [4.78, 5) is 28.6. The Kier molecular flexibility index (Phi) is 7.07. The van der Waals surface area contributed by atoms with Gasteiger partial charge in [0.2, 0.25) is 0 Å². The van der Waals surface area contributed by atoms with Gasteiger partial charge in [0.1, 0.15) is 0 Å². The molecule has 0 atom stereocenters. The monoisotopic (exact) mass is 652 g/mol. The van der Waals surface area contributed by atoms with Crippen LogP contribution in [0.25, 0.3) is 87.6 Å². The molecule has 0 spiro atoms.